The minimum atomic E-state index is 0.876. The molecule has 0 aliphatic carbocycles. The van der Waals surface area contributed by atoms with Gasteiger partial charge in [-0.1, -0.05) is 6.92 Å². The van der Waals surface area contributed by atoms with E-state index in [0.717, 1.165) is 41.2 Å². The van der Waals surface area contributed by atoms with Crippen LogP contribution in [0.25, 0.3) is 0 Å². The first-order valence-corrected chi connectivity index (χ1v) is 5.75. The molecular weight excluding hydrogens is 242 g/mol. The first-order valence-electron chi connectivity index (χ1n) is 4.95. The van der Waals surface area contributed by atoms with Crippen molar-refractivity contribution in [2.45, 2.75) is 33.6 Å². The van der Waals surface area contributed by atoms with Gasteiger partial charge in [-0.05, 0) is 36.2 Å². The van der Waals surface area contributed by atoms with Crippen molar-refractivity contribution in [2.24, 2.45) is 0 Å². The zero-order valence-electron chi connectivity index (χ0n) is 8.89. The Labute approximate surface area is 93.5 Å². The maximum atomic E-state index is 4.44. The van der Waals surface area contributed by atoms with Crippen molar-refractivity contribution in [1.29, 1.82) is 0 Å². The van der Waals surface area contributed by atoms with Crippen molar-refractivity contribution in [1.82, 2.24) is 9.97 Å². The van der Waals surface area contributed by atoms with Gasteiger partial charge in [0.15, 0.2) is 0 Å². The van der Waals surface area contributed by atoms with Gasteiger partial charge in [0.25, 0.3) is 0 Å². The van der Waals surface area contributed by atoms with Crippen molar-refractivity contribution in [3.63, 3.8) is 0 Å². The average molecular weight is 258 g/mol. The van der Waals surface area contributed by atoms with Gasteiger partial charge in [0.2, 0.25) is 0 Å². The molecule has 4 heteroatoms. The van der Waals surface area contributed by atoms with Crippen molar-refractivity contribution in [2.75, 3.05) is 11.9 Å². The molecular formula is C10H16BrN3. The van der Waals surface area contributed by atoms with Gasteiger partial charge in [0, 0.05) is 13.0 Å². The molecule has 78 valence electrons. The van der Waals surface area contributed by atoms with Crippen LogP contribution in [0.15, 0.2) is 4.47 Å². The smallest absolute Gasteiger partial charge is 0.144 e. The lowest BCUT2D eigenvalue weighted by Gasteiger charge is -2.09. The second kappa shape index (κ2) is 5.29. The van der Waals surface area contributed by atoms with E-state index < -0.39 is 0 Å². The van der Waals surface area contributed by atoms with Gasteiger partial charge in [-0.25, -0.2) is 9.97 Å². The second-order valence-electron chi connectivity index (χ2n) is 3.17. The normalized spacial score (nSPS) is 10.3. The minimum absolute atomic E-state index is 0.876. The van der Waals surface area contributed by atoms with E-state index in [1.807, 2.05) is 6.92 Å². The Bertz CT molecular complexity index is 312. The summed E-state index contributed by atoms with van der Waals surface area (Å²) in [7, 11) is 0. The Morgan fingerprint density at radius 2 is 2.00 bits per heavy atom. The third-order valence-electron chi connectivity index (χ3n) is 1.88. The van der Waals surface area contributed by atoms with Crippen LogP contribution in [0.1, 0.15) is 31.8 Å². The summed E-state index contributed by atoms with van der Waals surface area (Å²) in [5.74, 6) is 1.83. The van der Waals surface area contributed by atoms with Gasteiger partial charge in [0.05, 0.1) is 10.2 Å². The van der Waals surface area contributed by atoms with Crippen molar-refractivity contribution < 1.29 is 0 Å². The summed E-state index contributed by atoms with van der Waals surface area (Å²) in [5, 5.41) is 3.22. The molecule has 0 aliphatic rings. The summed E-state index contributed by atoms with van der Waals surface area (Å²) in [4.78, 5) is 8.85. The number of halogens is 1. The highest BCUT2D eigenvalue weighted by Gasteiger charge is 2.07. The molecule has 0 amide bonds. The molecule has 14 heavy (non-hydrogen) atoms. The summed E-state index contributed by atoms with van der Waals surface area (Å²) < 4.78 is 0.971. The van der Waals surface area contributed by atoms with Crippen LogP contribution < -0.4 is 5.32 Å². The monoisotopic (exact) mass is 257 g/mol. The van der Waals surface area contributed by atoms with E-state index in [0.29, 0.717) is 0 Å². The van der Waals surface area contributed by atoms with E-state index in [1.54, 1.807) is 0 Å². The van der Waals surface area contributed by atoms with Crippen LogP contribution in [-0.4, -0.2) is 16.5 Å². The number of nitrogens with one attached hydrogen (secondary N) is 1. The highest BCUT2D eigenvalue weighted by molar-refractivity contribution is 9.10. The molecule has 0 atom stereocenters. The van der Waals surface area contributed by atoms with E-state index >= 15 is 0 Å². The molecule has 0 aromatic carbocycles. The number of hydrogen-bond acceptors (Lipinski definition) is 3. The molecule has 1 heterocycles. The van der Waals surface area contributed by atoms with Crippen molar-refractivity contribution >= 4 is 21.7 Å². The minimum Gasteiger partial charge on any atom is -0.369 e. The molecule has 1 aromatic heterocycles. The number of rotatable bonds is 4. The lowest BCUT2D eigenvalue weighted by Crippen LogP contribution is -2.06. The number of anilines is 1. The Morgan fingerprint density at radius 3 is 2.57 bits per heavy atom. The van der Waals surface area contributed by atoms with Gasteiger partial charge in [0.1, 0.15) is 11.6 Å². The van der Waals surface area contributed by atoms with Gasteiger partial charge < -0.3 is 5.32 Å². The van der Waals surface area contributed by atoms with Gasteiger partial charge in [-0.2, -0.15) is 0 Å². The van der Waals surface area contributed by atoms with Crippen LogP contribution >= 0.6 is 15.9 Å². The number of aromatic nitrogens is 2. The summed E-state index contributed by atoms with van der Waals surface area (Å²) >= 11 is 3.48. The highest BCUT2D eigenvalue weighted by atomic mass is 79.9. The molecule has 1 rings (SSSR count). The van der Waals surface area contributed by atoms with E-state index in [-0.39, 0.29) is 0 Å². The van der Waals surface area contributed by atoms with E-state index in [1.165, 1.54) is 0 Å². The molecule has 1 N–H and O–H groups in total. The summed E-state index contributed by atoms with van der Waals surface area (Å²) in [6.45, 7) is 7.06. The lowest BCUT2D eigenvalue weighted by molar-refractivity contribution is 0.822. The molecule has 1 aromatic rings. The molecule has 0 fully saturated rings. The predicted molar refractivity (Wildman–Crippen MR) is 62.6 cm³/mol. The predicted octanol–water partition coefficient (Wildman–Crippen LogP) is 2.93. The maximum Gasteiger partial charge on any atom is 0.144 e. The SMILES string of the molecule is CCCc1nc(C)c(Br)c(NCC)n1. The number of aryl methyl sites for hydroxylation is 2. The van der Waals surface area contributed by atoms with Crippen molar-refractivity contribution in [3.05, 3.63) is 16.0 Å². The van der Waals surface area contributed by atoms with Crippen LogP contribution in [0.5, 0.6) is 0 Å². The Morgan fingerprint density at radius 1 is 1.29 bits per heavy atom. The zero-order chi connectivity index (χ0) is 10.6. The third kappa shape index (κ3) is 2.67. The summed E-state index contributed by atoms with van der Waals surface area (Å²) in [5.41, 5.74) is 0.999. The van der Waals surface area contributed by atoms with E-state index in [9.17, 15) is 0 Å². The fourth-order valence-electron chi connectivity index (χ4n) is 1.24. The van der Waals surface area contributed by atoms with Crippen LogP contribution in [-0.2, 0) is 6.42 Å². The number of hydrogen-bond donors (Lipinski definition) is 1. The quantitative estimate of drug-likeness (QED) is 0.902. The van der Waals surface area contributed by atoms with Crippen LogP contribution in [0.2, 0.25) is 0 Å². The molecule has 0 unspecified atom stereocenters. The maximum absolute atomic E-state index is 4.44. The number of nitrogens with zero attached hydrogens (tertiary/aromatic N) is 2. The van der Waals surface area contributed by atoms with Gasteiger partial charge in [-0.15, -0.1) is 0 Å². The first-order chi connectivity index (χ1) is 6.69. The molecule has 0 saturated carbocycles. The van der Waals surface area contributed by atoms with Gasteiger partial charge >= 0.3 is 0 Å². The second-order valence-corrected chi connectivity index (χ2v) is 3.96. The fourth-order valence-corrected chi connectivity index (χ4v) is 1.55. The van der Waals surface area contributed by atoms with Crippen LogP contribution in [0.4, 0.5) is 5.82 Å². The molecule has 0 aliphatic heterocycles. The van der Waals surface area contributed by atoms with Gasteiger partial charge in [-0.3, -0.25) is 0 Å². The van der Waals surface area contributed by atoms with E-state index in [2.05, 4.69) is 45.1 Å². The Hall–Kier alpha value is -0.640. The zero-order valence-corrected chi connectivity index (χ0v) is 10.5. The first kappa shape index (κ1) is 11.4. The molecule has 0 radical (unpaired) electrons. The highest BCUT2D eigenvalue weighted by Crippen LogP contribution is 2.22. The topological polar surface area (TPSA) is 37.8 Å². The summed E-state index contributed by atoms with van der Waals surface area (Å²) in [6.07, 6.45) is 2.01. The van der Waals surface area contributed by atoms with E-state index in [4.69, 9.17) is 0 Å². The molecule has 0 spiro atoms. The molecule has 3 nitrogen and oxygen atoms in total. The summed E-state index contributed by atoms with van der Waals surface area (Å²) in [6, 6.07) is 0. The van der Waals surface area contributed by atoms with Crippen LogP contribution in [0.3, 0.4) is 0 Å². The Balaban J connectivity index is 3.01. The van der Waals surface area contributed by atoms with Crippen LogP contribution in [0, 0.1) is 6.92 Å². The van der Waals surface area contributed by atoms with Crippen molar-refractivity contribution in [3.8, 4) is 0 Å². The average Bonchev–Trinajstić information content (AvgIpc) is 2.14. The standard InChI is InChI=1S/C10H16BrN3/c1-4-6-8-13-7(3)9(11)10(14-8)12-5-2/h4-6H2,1-3H3,(H,12,13,14). The molecule has 0 saturated heterocycles. The third-order valence-corrected chi connectivity index (χ3v) is 2.83. The largest absolute Gasteiger partial charge is 0.369 e. The molecule has 0 bridgehead atoms. The fraction of sp³-hybridized carbons (Fsp3) is 0.600. The Kier molecular flexibility index (Phi) is 4.32. The lowest BCUT2D eigenvalue weighted by atomic mass is 10.3.